The van der Waals surface area contributed by atoms with Gasteiger partial charge in [0.15, 0.2) is 5.82 Å². The Bertz CT molecular complexity index is 444. The first-order chi connectivity index (χ1) is 9.54. The van der Waals surface area contributed by atoms with Crippen LogP contribution in [0, 0.1) is 5.82 Å². The van der Waals surface area contributed by atoms with Crippen molar-refractivity contribution in [2.45, 2.75) is 38.8 Å². The summed E-state index contributed by atoms with van der Waals surface area (Å²) >= 11 is 0. The number of aromatic nitrogens is 2. The SMILES string of the molecule is CC(C)NC(=O)N1CCC(Oc2ncc(F)cn2)CC1. The molecule has 1 aromatic rings. The van der Waals surface area contributed by atoms with Gasteiger partial charge in [-0.05, 0) is 13.8 Å². The lowest BCUT2D eigenvalue weighted by Crippen LogP contribution is -2.48. The summed E-state index contributed by atoms with van der Waals surface area (Å²) in [4.78, 5) is 21.1. The van der Waals surface area contributed by atoms with Crippen molar-refractivity contribution in [2.75, 3.05) is 13.1 Å². The monoisotopic (exact) mass is 282 g/mol. The highest BCUT2D eigenvalue weighted by Gasteiger charge is 2.24. The van der Waals surface area contributed by atoms with Gasteiger partial charge in [-0.3, -0.25) is 0 Å². The number of halogens is 1. The third kappa shape index (κ3) is 4.04. The number of carbonyl (C=O) groups excluding carboxylic acids is 1. The molecule has 1 saturated heterocycles. The van der Waals surface area contributed by atoms with Gasteiger partial charge < -0.3 is 15.0 Å². The van der Waals surface area contributed by atoms with Crippen LogP contribution >= 0.6 is 0 Å². The molecule has 0 bridgehead atoms. The Morgan fingerprint density at radius 3 is 2.55 bits per heavy atom. The van der Waals surface area contributed by atoms with Crippen LogP contribution in [0.5, 0.6) is 6.01 Å². The number of urea groups is 1. The van der Waals surface area contributed by atoms with Gasteiger partial charge in [0.1, 0.15) is 6.10 Å². The predicted molar refractivity (Wildman–Crippen MR) is 70.9 cm³/mol. The third-order valence-corrected chi connectivity index (χ3v) is 3.01. The van der Waals surface area contributed by atoms with Gasteiger partial charge in [-0.2, -0.15) is 0 Å². The molecule has 110 valence electrons. The first-order valence-corrected chi connectivity index (χ1v) is 6.74. The van der Waals surface area contributed by atoms with Gasteiger partial charge in [-0.1, -0.05) is 0 Å². The second-order valence-corrected chi connectivity index (χ2v) is 5.09. The maximum Gasteiger partial charge on any atom is 0.317 e. The summed E-state index contributed by atoms with van der Waals surface area (Å²) in [7, 11) is 0. The lowest BCUT2D eigenvalue weighted by atomic mass is 10.1. The van der Waals surface area contributed by atoms with E-state index in [2.05, 4.69) is 15.3 Å². The number of hydrogen-bond acceptors (Lipinski definition) is 4. The molecular formula is C13H19FN4O2. The average Bonchev–Trinajstić information content (AvgIpc) is 2.41. The number of nitrogens with one attached hydrogen (secondary N) is 1. The Morgan fingerprint density at radius 2 is 2.00 bits per heavy atom. The Kier molecular flexibility index (Phi) is 4.70. The Balaban J connectivity index is 1.79. The molecule has 2 amide bonds. The van der Waals surface area contributed by atoms with E-state index in [4.69, 9.17) is 4.74 Å². The quantitative estimate of drug-likeness (QED) is 0.914. The van der Waals surface area contributed by atoms with Crippen LogP contribution in [-0.2, 0) is 0 Å². The summed E-state index contributed by atoms with van der Waals surface area (Å²) in [5.74, 6) is -0.488. The van der Waals surface area contributed by atoms with Crippen molar-refractivity contribution in [2.24, 2.45) is 0 Å². The Labute approximate surface area is 117 Å². The molecular weight excluding hydrogens is 263 g/mol. The number of ether oxygens (including phenoxy) is 1. The number of rotatable bonds is 3. The summed E-state index contributed by atoms with van der Waals surface area (Å²) in [5.41, 5.74) is 0. The summed E-state index contributed by atoms with van der Waals surface area (Å²) in [6.07, 6.45) is 3.54. The fourth-order valence-electron chi connectivity index (χ4n) is 2.03. The number of amides is 2. The number of piperidine rings is 1. The summed E-state index contributed by atoms with van der Waals surface area (Å²) < 4.78 is 18.3. The number of carbonyl (C=O) groups is 1. The highest BCUT2D eigenvalue weighted by Crippen LogP contribution is 2.15. The molecule has 1 aliphatic rings. The topological polar surface area (TPSA) is 67.4 Å². The molecule has 6 nitrogen and oxygen atoms in total. The smallest absolute Gasteiger partial charge is 0.317 e. The van der Waals surface area contributed by atoms with E-state index >= 15 is 0 Å². The first kappa shape index (κ1) is 14.5. The molecule has 0 unspecified atom stereocenters. The van der Waals surface area contributed by atoms with E-state index in [-0.39, 0.29) is 24.2 Å². The number of likely N-dealkylation sites (tertiary alicyclic amines) is 1. The maximum absolute atomic E-state index is 12.7. The minimum Gasteiger partial charge on any atom is -0.460 e. The van der Waals surface area contributed by atoms with Crippen LogP contribution < -0.4 is 10.1 Å². The highest BCUT2D eigenvalue weighted by atomic mass is 19.1. The predicted octanol–water partition coefficient (Wildman–Crippen LogP) is 1.58. The minimum atomic E-state index is -0.488. The maximum atomic E-state index is 12.7. The van der Waals surface area contributed by atoms with E-state index in [0.29, 0.717) is 25.9 Å². The lowest BCUT2D eigenvalue weighted by molar-refractivity contribution is 0.102. The molecule has 1 N–H and O–H groups in total. The molecule has 0 aromatic carbocycles. The molecule has 0 spiro atoms. The van der Waals surface area contributed by atoms with Crippen LogP contribution in [0.1, 0.15) is 26.7 Å². The first-order valence-electron chi connectivity index (χ1n) is 6.74. The summed E-state index contributed by atoms with van der Waals surface area (Å²) in [6, 6.07) is 0.261. The van der Waals surface area contributed by atoms with Gasteiger partial charge in [-0.15, -0.1) is 0 Å². The second-order valence-electron chi connectivity index (χ2n) is 5.09. The van der Waals surface area contributed by atoms with Crippen LogP contribution in [-0.4, -0.2) is 46.1 Å². The van der Waals surface area contributed by atoms with Crippen LogP contribution in [0.4, 0.5) is 9.18 Å². The Morgan fingerprint density at radius 1 is 1.40 bits per heavy atom. The summed E-state index contributed by atoms with van der Waals surface area (Å²) in [6.45, 7) is 5.12. The van der Waals surface area contributed by atoms with Crippen molar-refractivity contribution in [1.82, 2.24) is 20.2 Å². The average molecular weight is 282 g/mol. The van der Waals surface area contributed by atoms with Crippen molar-refractivity contribution >= 4 is 6.03 Å². The number of hydrogen-bond donors (Lipinski definition) is 1. The lowest BCUT2D eigenvalue weighted by Gasteiger charge is -2.32. The van der Waals surface area contributed by atoms with Crippen molar-refractivity contribution in [3.05, 3.63) is 18.2 Å². The standard InChI is InChI=1S/C13H19FN4O2/c1-9(2)17-13(19)18-5-3-11(4-6-18)20-12-15-7-10(14)8-16-12/h7-9,11H,3-6H2,1-2H3,(H,17,19). The molecule has 20 heavy (non-hydrogen) atoms. The van der Waals surface area contributed by atoms with Crippen LogP contribution in [0.2, 0.25) is 0 Å². The van der Waals surface area contributed by atoms with Crippen LogP contribution in [0.25, 0.3) is 0 Å². The molecule has 0 atom stereocenters. The molecule has 0 radical (unpaired) electrons. The molecule has 7 heteroatoms. The molecule has 2 rings (SSSR count). The van der Waals surface area contributed by atoms with Gasteiger partial charge in [0.25, 0.3) is 0 Å². The minimum absolute atomic E-state index is 0.0384. The van der Waals surface area contributed by atoms with E-state index < -0.39 is 5.82 Å². The fourth-order valence-corrected chi connectivity index (χ4v) is 2.03. The van der Waals surface area contributed by atoms with Crippen molar-refractivity contribution in [3.8, 4) is 6.01 Å². The van der Waals surface area contributed by atoms with Gasteiger partial charge in [0.05, 0.1) is 12.4 Å². The fraction of sp³-hybridized carbons (Fsp3) is 0.615. The third-order valence-electron chi connectivity index (χ3n) is 3.01. The van der Waals surface area contributed by atoms with E-state index in [1.165, 1.54) is 0 Å². The van der Waals surface area contributed by atoms with Gasteiger partial charge in [-0.25, -0.2) is 19.2 Å². The zero-order valence-electron chi connectivity index (χ0n) is 11.7. The van der Waals surface area contributed by atoms with E-state index in [9.17, 15) is 9.18 Å². The molecule has 2 heterocycles. The van der Waals surface area contributed by atoms with E-state index in [0.717, 1.165) is 12.4 Å². The second kappa shape index (κ2) is 6.49. The van der Waals surface area contributed by atoms with Crippen molar-refractivity contribution in [3.63, 3.8) is 0 Å². The van der Waals surface area contributed by atoms with E-state index in [1.807, 2.05) is 13.8 Å². The van der Waals surface area contributed by atoms with Gasteiger partial charge >= 0.3 is 12.0 Å². The molecule has 1 fully saturated rings. The van der Waals surface area contributed by atoms with Crippen molar-refractivity contribution < 1.29 is 13.9 Å². The Hall–Kier alpha value is -1.92. The largest absolute Gasteiger partial charge is 0.460 e. The zero-order valence-corrected chi connectivity index (χ0v) is 11.7. The summed E-state index contributed by atoms with van der Waals surface area (Å²) in [5, 5.41) is 2.86. The molecule has 0 saturated carbocycles. The zero-order chi connectivity index (χ0) is 14.5. The van der Waals surface area contributed by atoms with Gasteiger partial charge in [0, 0.05) is 32.0 Å². The molecule has 0 aliphatic carbocycles. The highest BCUT2D eigenvalue weighted by molar-refractivity contribution is 5.74. The molecule has 1 aromatic heterocycles. The normalized spacial score (nSPS) is 16.3. The van der Waals surface area contributed by atoms with Crippen LogP contribution in [0.15, 0.2) is 12.4 Å². The van der Waals surface area contributed by atoms with Crippen molar-refractivity contribution in [1.29, 1.82) is 0 Å². The van der Waals surface area contributed by atoms with E-state index in [1.54, 1.807) is 4.90 Å². The van der Waals surface area contributed by atoms with Gasteiger partial charge in [0.2, 0.25) is 0 Å². The number of nitrogens with zero attached hydrogens (tertiary/aromatic N) is 3. The van der Waals surface area contributed by atoms with Crippen LogP contribution in [0.3, 0.4) is 0 Å². The molecule has 1 aliphatic heterocycles.